The summed E-state index contributed by atoms with van der Waals surface area (Å²) in [6.45, 7) is 2.62. The van der Waals surface area contributed by atoms with Gasteiger partial charge in [-0.3, -0.25) is 4.79 Å². The molecule has 2 aliphatic carbocycles. The maximum atomic E-state index is 12.4. The summed E-state index contributed by atoms with van der Waals surface area (Å²) in [6.07, 6.45) is 8.70. The molecule has 3 heteroatoms. The number of nitrogens with zero attached hydrogens (tertiary/aromatic N) is 1. The molecule has 1 aliphatic heterocycles. The van der Waals surface area contributed by atoms with Crippen molar-refractivity contribution in [3.63, 3.8) is 0 Å². The molecule has 1 heterocycles. The van der Waals surface area contributed by atoms with E-state index in [0.29, 0.717) is 17.7 Å². The minimum absolute atomic E-state index is 0.408. The lowest BCUT2D eigenvalue weighted by molar-refractivity contribution is -0.134. The molecule has 4 unspecified atom stereocenters. The van der Waals surface area contributed by atoms with Crippen molar-refractivity contribution in [3.8, 4) is 0 Å². The second-order valence-electron chi connectivity index (χ2n) is 6.72. The molecule has 0 aromatic rings. The van der Waals surface area contributed by atoms with Gasteiger partial charge in [-0.2, -0.15) is 0 Å². The molecular weight excluding hydrogens is 224 g/mol. The Morgan fingerprint density at radius 3 is 2.78 bits per heavy atom. The van der Waals surface area contributed by atoms with Crippen LogP contribution in [0.5, 0.6) is 0 Å². The van der Waals surface area contributed by atoms with E-state index >= 15 is 0 Å². The van der Waals surface area contributed by atoms with Gasteiger partial charge in [-0.1, -0.05) is 6.42 Å². The average Bonchev–Trinajstić information content (AvgIpc) is 3.01. The fourth-order valence-corrected chi connectivity index (χ4v) is 4.46. The zero-order valence-corrected chi connectivity index (χ0v) is 11.3. The lowest BCUT2D eigenvalue weighted by Crippen LogP contribution is -2.42. The van der Waals surface area contributed by atoms with Crippen LogP contribution < -0.4 is 5.73 Å². The lowest BCUT2D eigenvalue weighted by atomic mass is 9.86. The topological polar surface area (TPSA) is 46.3 Å². The van der Waals surface area contributed by atoms with Crippen LogP contribution in [0.1, 0.15) is 44.9 Å². The Kier molecular flexibility index (Phi) is 3.60. The molecule has 0 aromatic carbocycles. The first-order chi connectivity index (χ1) is 8.76. The third-order valence-corrected chi connectivity index (χ3v) is 5.53. The van der Waals surface area contributed by atoms with E-state index in [9.17, 15) is 4.79 Å². The molecule has 4 atom stereocenters. The molecule has 2 bridgehead atoms. The maximum absolute atomic E-state index is 12.4. The summed E-state index contributed by atoms with van der Waals surface area (Å²) in [5, 5.41) is 0. The molecule has 3 fully saturated rings. The molecular formula is C15H26N2O. The Bertz CT molecular complexity index is 318. The Labute approximate surface area is 110 Å². The standard InChI is InChI=1S/C15H26N2O/c16-9-12-2-1-5-17(10-12)15(18)8-14-7-11-3-4-13(14)6-11/h11-14H,1-10,16H2. The van der Waals surface area contributed by atoms with Crippen LogP contribution in [-0.4, -0.2) is 30.4 Å². The van der Waals surface area contributed by atoms with Crippen molar-refractivity contribution in [1.82, 2.24) is 4.90 Å². The zero-order valence-electron chi connectivity index (χ0n) is 11.3. The van der Waals surface area contributed by atoms with Crippen LogP contribution in [-0.2, 0) is 4.79 Å². The summed E-state index contributed by atoms with van der Waals surface area (Å²) in [7, 11) is 0. The first kappa shape index (κ1) is 12.5. The van der Waals surface area contributed by atoms with Crippen molar-refractivity contribution in [3.05, 3.63) is 0 Å². The molecule has 0 radical (unpaired) electrons. The number of piperidine rings is 1. The number of rotatable bonds is 3. The number of amides is 1. The van der Waals surface area contributed by atoms with E-state index in [-0.39, 0.29) is 0 Å². The summed E-state index contributed by atoms with van der Waals surface area (Å²) < 4.78 is 0. The van der Waals surface area contributed by atoms with Crippen LogP contribution in [0, 0.1) is 23.7 Å². The summed E-state index contributed by atoms with van der Waals surface area (Å²) in [4.78, 5) is 14.5. The summed E-state index contributed by atoms with van der Waals surface area (Å²) in [5.41, 5.74) is 5.74. The molecule has 2 N–H and O–H groups in total. The highest BCUT2D eigenvalue weighted by Gasteiger charge is 2.40. The van der Waals surface area contributed by atoms with Gasteiger partial charge in [0, 0.05) is 19.5 Å². The fraction of sp³-hybridized carbons (Fsp3) is 0.933. The maximum Gasteiger partial charge on any atom is 0.222 e. The van der Waals surface area contributed by atoms with E-state index in [1.807, 2.05) is 0 Å². The summed E-state index contributed by atoms with van der Waals surface area (Å²) in [6, 6.07) is 0. The first-order valence-corrected chi connectivity index (χ1v) is 7.74. The third kappa shape index (κ3) is 2.42. The van der Waals surface area contributed by atoms with Crippen molar-refractivity contribution >= 4 is 5.91 Å². The van der Waals surface area contributed by atoms with Gasteiger partial charge < -0.3 is 10.6 Å². The summed E-state index contributed by atoms with van der Waals surface area (Å²) in [5.74, 6) is 3.47. The van der Waals surface area contributed by atoms with Gasteiger partial charge in [0.2, 0.25) is 5.91 Å². The van der Waals surface area contributed by atoms with Crippen LogP contribution in [0.3, 0.4) is 0 Å². The van der Waals surface area contributed by atoms with Gasteiger partial charge in [0.05, 0.1) is 0 Å². The highest BCUT2D eigenvalue weighted by Crippen LogP contribution is 2.49. The molecule has 102 valence electrons. The average molecular weight is 250 g/mol. The van der Waals surface area contributed by atoms with Crippen LogP contribution in [0.25, 0.3) is 0 Å². The van der Waals surface area contributed by atoms with Gasteiger partial charge in [-0.05, 0) is 62.3 Å². The second-order valence-corrected chi connectivity index (χ2v) is 6.72. The SMILES string of the molecule is NCC1CCCN(C(=O)CC2CC3CCC2C3)C1. The summed E-state index contributed by atoms with van der Waals surface area (Å²) >= 11 is 0. The molecule has 3 nitrogen and oxygen atoms in total. The van der Waals surface area contributed by atoms with E-state index in [1.54, 1.807) is 0 Å². The molecule has 0 aromatic heterocycles. The van der Waals surface area contributed by atoms with E-state index in [2.05, 4.69) is 4.90 Å². The monoisotopic (exact) mass is 250 g/mol. The minimum Gasteiger partial charge on any atom is -0.342 e. The Morgan fingerprint density at radius 1 is 1.22 bits per heavy atom. The highest BCUT2D eigenvalue weighted by atomic mass is 16.2. The molecule has 18 heavy (non-hydrogen) atoms. The third-order valence-electron chi connectivity index (χ3n) is 5.53. The quantitative estimate of drug-likeness (QED) is 0.833. The molecule has 3 rings (SSSR count). The van der Waals surface area contributed by atoms with E-state index < -0.39 is 0 Å². The fourth-order valence-electron chi connectivity index (χ4n) is 4.46. The van der Waals surface area contributed by atoms with Crippen molar-refractivity contribution < 1.29 is 4.79 Å². The van der Waals surface area contributed by atoms with Crippen molar-refractivity contribution in [2.24, 2.45) is 29.4 Å². The van der Waals surface area contributed by atoms with Crippen molar-refractivity contribution in [2.45, 2.75) is 44.9 Å². The smallest absolute Gasteiger partial charge is 0.222 e. The van der Waals surface area contributed by atoms with Crippen molar-refractivity contribution in [2.75, 3.05) is 19.6 Å². The minimum atomic E-state index is 0.408. The number of hydrogen-bond donors (Lipinski definition) is 1. The normalized spacial score (nSPS) is 39.3. The Morgan fingerprint density at radius 2 is 2.11 bits per heavy atom. The molecule has 1 saturated heterocycles. The van der Waals surface area contributed by atoms with Gasteiger partial charge in [0.25, 0.3) is 0 Å². The van der Waals surface area contributed by atoms with E-state index in [0.717, 1.165) is 44.3 Å². The van der Waals surface area contributed by atoms with Gasteiger partial charge in [0.1, 0.15) is 0 Å². The van der Waals surface area contributed by atoms with Crippen molar-refractivity contribution in [1.29, 1.82) is 0 Å². The first-order valence-electron chi connectivity index (χ1n) is 7.74. The number of nitrogens with two attached hydrogens (primary N) is 1. The molecule has 2 saturated carbocycles. The number of carbonyl (C=O) groups excluding carboxylic acids is 1. The Balaban J connectivity index is 1.52. The number of carbonyl (C=O) groups is 1. The highest BCUT2D eigenvalue weighted by molar-refractivity contribution is 5.76. The molecule has 1 amide bonds. The number of hydrogen-bond acceptors (Lipinski definition) is 2. The zero-order chi connectivity index (χ0) is 12.5. The van der Waals surface area contributed by atoms with Crippen LogP contribution >= 0.6 is 0 Å². The van der Waals surface area contributed by atoms with Crippen LogP contribution in [0.4, 0.5) is 0 Å². The number of likely N-dealkylation sites (tertiary alicyclic amines) is 1. The van der Waals surface area contributed by atoms with Gasteiger partial charge in [0.15, 0.2) is 0 Å². The Hall–Kier alpha value is -0.570. The second kappa shape index (κ2) is 5.20. The van der Waals surface area contributed by atoms with Crippen LogP contribution in [0.2, 0.25) is 0 Å². The largest absolute Gasteiger partial charge is 0.342 e. The van der Waals surface area contributed by atoms with Gasteiger partial charge in [-0.25, -0.2) is 0 Å². The van der Waals surface area contributed by atoms with Crippen LogP contribution in [0.15, 0.2) is 0 Å². The van der Waals surface area contributed by atoms with E-state index in [4.69, 9.17) is 5.73 Å². The van der Waals surface area contributed by atoms with E-state index in [1.165, 1.54) is 32.1 Å². The predicted molar refractivity (Wildman–Crippen MR) is 71.9 cm³/mol. The lowest BCUT2D eigenvalue weighted by Gasteiger charge is -2.33. The van der Waals surface area contributed by atoms with Gasteiger partial charge in [-0.15, -0.1) is 0 Å². The molecule has 0 spiro atoms. The van der Waals surface area contributed by atoms with Gasteiger partial charge >= 0.3 is 0 Å². The predicted octanol–water partition coefficient (Wildman–Crippen LogP) is 2.01. The number of fused-ring (bicyclic) bond motifs is 2. The molecule has 3 aliphatic rings.